The molecule has 4 heteroatoms. The van der Waals surface area contributed by atoms with Gasteiger partial charge >= 0.3 is 0 Å². The van der Waals surface area contributed by atoms with E-state index >= 15 is 0 Å². The topological polar surface area (TPSA) is 55.6 Å². The van der Waals surface area contributed by atoms with Gasteiger partial charge < -0.3 is 15.4 Å². The Kier molecular flexibility index (Phi) is 3.50. The van der Waals surface area contributed by atoms with Gasteiger partial charge in [-0.2, -0.15) is 0 Å². The van der Waals surface area contributed by atoms with Gasteiger partial charge in [-0.25, -0.2) is 0 Å². The van der Waals surface area contributed by atoms with Gasteiger partial charge in [0.25, 0.3) is 0 Å². The number of morpholine rings is 1. The number of nitrogens with two attached hydrogens (primary N) is 1. The lowest BCUT2D eigenvalue weighted by molar-refractivity contribution is -0.148. The molecular weight excluding hydrogens is 204 g/mol. The number of ether oxygens (including phenoxy) is 1. The largest absolute Gasteiger partial charge is 0.375 e. The molecule has 1 amide bonds. The SMILES string of the molecule is C[C@@H]1OCCN(C(=O)[C@@H]2CC[C@H](N)C2)[C@@H]1C. The van der Waals surface area contributed by atoms with E-state index in [1.807, 2.05) is 11.8 Å². The van der Waals surface area contributed by atoms with Gasteiger partial charge in [0.05, 0.1) is 18.8 Å². The van der Waals surface area contributed by atoms with Crippen LogP contribution in [0.2, 0.25) is 0 Å². The molecule has 0 aromatic rings. The van der Waals surface area contributed by atoms with Crippen LogP contribution in [0.4, 0.5) is 0 Å². The molecule has 1 saturated carbocycles. The van der Waals surface area contributed by atoms with E-state index in [0.717, 1.165) is 25.8 Å². The summed E-state index contributed by atoms with van der Waals surface area (Å²) < 4.78 is 5.54. The first-order valence-corrected chi connectivity index (χ1v) is 6.27. The second-order valence-electron chi connectivity index (χ2n) is 5.12. The minimum absolute atomic E-state index is 0.146. The van der Waals surface area contributed by atoms with E-state index in [4.69, 9.17) is 10.5 Å². The normalized spacial score (nSPS) is 40.1. The van der Waals surface area contributed by atoms with Crippen LogP contribution in [0.15, 0.2) is 0 Å². The first-order valence-electron chi connectivity index (χ1n) is 6.27. The van der Waals surface area contributed by atoms with Crippen molar-refractivity contribution >= 4 is 5.91 Å². The Morgan fingerprint density at radius 3 is 2.75 bits per heavy atom. The van der Waals surface area contributed by atoms with Gasteiger partial charge in [-0.05, 0) is 33.1 Å². The minimum atomic E-state index is 0.146. The van der Waals surface area contributed by atoms with Crippen LogP contribution in [-0.4, -0.2) is 42.1 Å². The molecule has 2 N–H and O–H groups in total. The molecule has 0 radical (unpaired) electrons. The molecule has 1 aliphatic heterocycles. The van der Waals surface area contributed by atoms with Crippen molar-refractivity contribution < 1.29 is 9.53 Å². The van der Waals surface area contributed by atoms with Crippen LogP contribution in [0, 0.1) is 5.92 Å². The third kappa shape index (κ3) is 2.23. The Morgan fingerprint density at radius 2 is 2.12 bits per heavy atom. The number of rotatable bonds is 1. The maximum atomic E-state index is 12.3. The molecule has 4 atom stereocenters. The van der Waals surface area contributed by atoms with Crippen LogP contribution >= 0.6 is 0 Å². The fourth-order valence-corrected chi connectivity index (χ4v) is 2.72. The van der Waals surface area contributed by atoms with Crippen molar-refractivity contribution in [3.63, 3.8) is 0 Å². The highest BCUT2D eigenvalue weighted by Gasteiger charge is 2.35. The average molecular weight is 226 g/mol. The number of carbonyl (C=O) groups excluding carboxylic acids is 1. The van der Waals surface area contributed by atoms with Crippen LogP contribution in [0.3, 0.4) is 0 Å². The number of hydrogen-bond acceptors (Lipinski definition) is 3. The van der Waals surface area contributed by atoms with Gasteiger partial charge in [0.2, 0.25) is 5.91 Å². The van der Waals surface area contributed by atoms with Gasteiger partial charge in [0, 0.05) is 18.5 Å². The Bertz CT molecular complexity index is 270. The van der Waals surface area contributed by atoms with E-state index in [0.29, 0.717) is 6.61 Å². The highest BCUT2D eigenvalue weighted by Crippen LogP contribution is 2.28. The molecule has 0 unspecified atom stereocenters. The Labute approximate surface area is 97.1 Å². The van der Waals surface area contributed by atoms with Crippen molar-refractivity contribution in [3.8, 4) is 0 Å². The Hall–Kier alpha value is -0.610. The Morgan fingerprint density at radius 1 is 1.38 bits per heavy atom. The fourth-order valence-electron chi connectivity index (χ4n) is 2.72. The Balaban J connectivity index is 1.98. The minimum Gasteiger partial charge on any atom is -0.375 e. The predicted octanol–water partition coefficient (Wildman–Crippen LogP) is 0.750. The zero-order valence-corrected chi connectivity index (χ0v) is 10.2. The summed E-state index contributed by atoms with van der Waals surface area (Å²) in [6.07, 6.45) is 2.95. The van der Waals surface area contributed by atoms with E-state index < -0.39 is 0 Å². The molecule has 1 heterocycles. The molecular formula is C12H22N2O2. The van der Waals surface area contributed by atoms with Crippen LogP contribution in [0.25, 0.3) is 0 Å². The van der Waals surface area contributed by atoms with Gasteiger partial charge in [-0.15, -0.1) is 0 Å². The summed E-state index contributed by atoms with van der Waals surface area (Å²) in [5, 5.41) is 0. The van der Waals surface area contributed by atoms with Crippen molar-refractivity contribution in [1.82, 2.24) is 4.90 Å². The third-order valence-corrected chi connectivity index (χ3v) is 3.99. The number of carbonyl (C=O) groups is 1. The van der Waals surface area contributed by atoms with Crippen molar-refractivity contribution in [3.05, 3.63) is 0 Å². The van der Waals surface area contributed by atoms with Crippen molar-refractivity contribution in [2.24, 2.45) is 11.7 Å². The summed E-state index contributed by atoms with van der Waals surface area (Å²) in [7, 11) is 0. The first kappa shape index (κ1) is 11.9. The molecule has 2 aliphatic rings. The number of hydrogen-bond donors (Lipinski definition) is 1. The zero-order chi connectivity index (χ0) is 11.7. The molecule has 0 bridgehead atoms. The lowest BCUT2D eigenvalue weighted by atomic mass is 10.0. The second-order valence-corrected chi connectivity index (χ2v) is 5.12. The van der Waals surface area contributed by atoms with E-state index in [9.17, 15) is 4.79 Å². The number of amides is 1. The maximum absolute atomic E-state index is 12.3. The summed E-state index contributed by atoms with van der Waals surface area (Å²) in [6, 6.07) is 0.417. The van der Waals surface area contributed by atoms with Gasteiger partial charge in [-0.3, -0.25) is 4.79 Å². The van der Waals surface area contributed by atoms with Gasteiger partial charge in [-0.1, -0.05) is 0 Å². The van der Waals surface area contributed by atoms with Crippen LogP contribution in [0.5, 0.6) is 0 Å². The lowest BCUT2D eigenvalue weighted by Gasteiger charge is -2.39. The second kappa shape index (κ2) is 4.72. The quantitative estimate of drug-likeness (QED) is 0.718. The van der Waals surface area contributed by atoms with Crippen LogP contribution in [0.1, 0.15) is 33.1 Å². The molecule has 1 saturated heterocycles. The molecule has 2 fully saturated rings. The van der Waals surface area contributed by atoms with Crippen molar-refractivity contribution in [1.29, 1.82) is 0 Å². The van der Waals surface area contributed by atoms with E-state index in [1.54, 1.807) is 0 Å². The summed E-state index contributed by atoms with van der Waals surface area (Å²) in [5.74, 6) is 0.443. The molecule has 92 valence electrons. The summed E-state index contributed by atoms with van der Waals surface area (Å²) in [6.45, 7) is 5.49. The van der Waals surface area contributed by atoms with Crippen LogP contribution < -0.4 is 5.73 Å². The molecule has 0 aromatic heterocycles. The van der Waals surface area contributed by atoms with E-state index in [1.165, 1.54) is 0 Å². The average Bonchev–Trinajstić information content (AvgIpc) is 2.68. The third-order valence-electron chi connectivity index (χ3n) is 3.99. The maximum Gasteiger partial charge on any atom is 0.226 e. The highest BCUT2D eigenvalue weighted by molar-refractivity contribution is 5.79. The van der Waals surface area contributed by atoms with Crippen LogP contribution in [-0.2, 0) is 9.53 Å². The first-order chi connectivity index (χ1) is 7.59. The van der Waals surface area contributed by atoms with Gasteiger partial charge in [0.1, 0.15) is 0 Å². The summed E-state index contributed by atoms with van der Waals surface area (Å²) in [5.41, 5.74) is 5.86. The predicted molar refractivity (Wildman–Crippen MR) is 61.9 cm³/mol. The molecule has 4 nitrogen and oxygen atoms in total. The molecule has 1 aliphatic carbocycles. The monoisotopic (exact) mass is 226 g/mol. The standard InChI is InChI=1S/C12H22N2O2/c1-8-9(2)16-6-5-14(8)12(15)10-3-4-11(13)7-10/h8-11H,3-7,13H2,1-2H3/t8-,9+,10-,11+/m1/s1. The van der Waals surface area contributed by atoms with E-state index in [-0.39, 0.29) is 30.0 Å². The number of nitrogens with zero attached hydrogens (tertiary/aromatic N) is 1. The van der Waals surface area contributed by atoms with Crippen molar-refractivity contribution in [2.75, 3.05) is 13.2 Å². The fraction of sp³-hybridized carbons (Fsp3) is 0.917. The summed E-state index contributed by atoms with van der Waals surface area (Å²) in [4.78, 5) is 14.3. The summed E-state index contributed by atoms with van der Waals surface area (Å²) >= 11 is 0. The molecule has 2 rings (SSSR count). The van der Waals surface area contributed by atoms with Gasteiger partial charge in [0.15, 0.2) is 0 Å². The smallest absolute Gasteiger partial charge is 0.226 e. The zero-order valence-electron chi connectivity index (χ0n) is 10.2. The van der Waals surface area contributed by atoms with E-state index in [2.05, 4.69) is 6.92 Å². The molecule has 16 heavy (non-hydrogen) atoms. The van der Waals surface area contributed by atoms with Crippen molar-refractivity contribution in [2.45, 2.75) is 51.3 Å². The molecule has 0 aromatic carbocycles. The molecule has 0 spiro atoms. The lowest BCUT2D eigenvalue weighted by Crippen LogP contribution is -2.52. The highest BCUT2D eigenvalue weighted by atomic mass is 16.5.